The number of rotatable bonds is 4. The van der Waals surface area contributed by atoms with Crippen molar-refractivity contribution in [1.29, 1.82) is 0 Å². The van der Waals surface area contributed by atoms with Crippen LogP contribution >= 0.6 is 0 Å². The summed E-state index contributed by atoms with van der Waals surface area (Å²) in [5.41, 5.74) is 0. The Morgan fingerprint density at radius 3 is 2.77 bits per heavy atom. The number of nitrogens with zero attached hydrogens (tertiary/aromatic N) is 1. The highest BCUT2D eigenvalue weighted by Crippen LogP contribution is 1.91. The van der Waals surface area contributed by atoms with Crippen LogP contribution in [0.2, 0.25) is 0 Å². The van der Waals surface area contributed by atoms with Crippen molar-refractivity contribution in [2.75, 3.05) is 39.3 Å². The number of hydrogen-bond acceptors (Lipinski definition) is 3. The molecular weight excluding hydrogens is 166 g/mol. The van der Waals surface area contributed by atoms with E-state index in [1.165, 1.54) is 0 Å². The van der Waals surface area contributed by atoms with Crippen LogP contribution in [0, 0.1) is 0 Å². The molecule has 1 aliphatic rings. The van der Waals surface area contributed by atoms with Crippen LogP contribution in [0.25, 0.3) is 0 Å². The van der Waals surface area contributed by atoms with Gasteiger partial charge >= 0.3 is 0 Å². The number of hydrogen-bond donors (Lipinski definition) is 2. The van der Waals surface area contributed by atoms with E-state index in [9.17, 15) is 4.79 Å². The van der Waals surface area contributed by atoms with Gasteiger partial charge in [0, 0.05) is 26.2 Å². The lowest BCUT2D eigenvalue weighted by atomic mass is 10.3. The summed E-state index contributed by atoms with van der Waals surface area (Å²) in [4.78, 5) is 13.4. The normalized spacial score (nSPS) is 17.5. The Morgan fingerprint density at radius 2 is 2.15 bits per heavy atom. The van der Waals surface area contributed by atoms with Crippen molar-refractivity contribution in [3.05, 3.63) is 0 Å². The van der Waals surface area contributed by atoms with E-state index >= 15 is 0 Å². The van der Waals surface area contributed by atoms with Crippen LogP contribution in [0.3, 0.4) is 0 Å². The lowest BCUT2D eigenvalue weighted by Crippen LogP contribution is -2.49. The highest BCUT2D eigenvalue weighted by Gasteiger charge is 2.14. The Labute approximate surface area is 79.7 Å². The molecule has 1 saturated heterocycles. The van der Waals surface area contributed by atoms with Crippen molar-refractivity contribution < 1.29 is 4.79 Å². The zero-order valence-electron chi connectivity index (χ0n) is 8.31. The first kappa shape index (κ1) is 10.5. The van der Waals surface area contributed by atoms with E-state index in [4.69, 9.17) is 0 Å². The molecule has 0 aromatic heterocycles. The molecule has 1 fully saturated rings. The van der Waals surface area contributed by atoms with Crippen molar-refractivity contribution in [3.8, 4) is 0 Å². The molecule has 4 nitrogen and oxygen atoms in total. The third-order valence-corrected chi connectivity index (χ3v) is 2.17. The Balaban J connectivity index is 2.13. The molecule has 0 atom stereocenters. The molecule has 4 heteroatoms. The third-order valence-electron chi connectivity index (χ3n) is 2.17. The van der Waals surface area contributed by atoms with Gasteiger partial charge in [0.25, 0.3) is 0 Å². The van der Waals surface area contributed by atoms with E-state index in [0.29, 0.717) is 6.54 Å². The van der Waals surface area contributed by atoms with Crippen LogP contribution in [0.1, 0.15) is 13.3 Å². The van der Waals surface area contributed by atoms with Crippen molar-refractivity contribution in [2.45, 2.75) is 13.3 Å². The average molecular weight is 185 g/mol. The summed E-state index contributed by atoms with van der Waals surface area (Å²) < 4.78 is 0. The van der Waals surface area contributed by atoms with Gasteiger partial charge in [0.05, 0.1) is 6.54 Å². The van der Waals surface area contributed by atoms with Crippen LogP contribution < -0.4 is 10.6 Å². The monoisotopic (exact) mass is 185 g/mol. The standard InChI is InChI=1S/C9H19N3O/c1-2-3-11-8-9(13)12-6-4-10-5-7-12/h10-11H,2-8H2,1H3. The van der Waals surface area contributed by atoms with Gasteiger partial charge in [-0.2, -0.15) is 0 Å². The summed E-state index contributed by atoms with van der Waals surface area (Å²) >= 11 is 0. The second-order valence-corrected chi connectivity index (χ2v) is 3.31. The zero-order valence-corrected chi connectivity index (χ0v) is 8.31. The highest BCUT2D eigenvalue weighted by molar-refractivity contribution is 5.78. The fraction of sp³-hybridized carbons (Fsp3) is 0.889. The molecule has 1 aliphatic heterocycles. The molecule has 0 saturated carbocycles. The summed E-state index contributed by atoms with van der Waals surface area (Å²) in [5.74, 6) is 0.231. The molecule has 0 bridgehead atoms. The molecule has 0 spiro atoms. The van der Waals surface area contributed by atoms with Gasteiger partial charge in [0.15, 0.2) is 0 Å². The fourth-order valence-corrected chi connectivity index (χ4v) is 1.40. The largest absolute Gasteiger partial charge is 0.339 e. The summed E-state index contributed by atoms with van der Waals surface area (Å²) in [6, 6.07) is 0. The molecule has 1 heterocycles. The lowest BCUT2D eigenvalue weighted by Gasteiger charge is -2.27. The highest BCUT2D eigenvalue weighted by atomic mass is 16.2. The number of piperazine rings is 1. The topological polar surface area (TPSA) is 44.4 Å². The smallest absolute Gasteiger partial charge is 0.236 e. The van der Waals surface area contributed by atoms with E-state index in [1.807, 2.05) is 4.90 Å². The molecular formula is C9H19N3O. The van der Waals surface area contributed by atoms with Crippen LogP contribution in [0.4, 0.5) is 0 Å². The number of carbonyl (C=O) groups excluding carboxylic acids is 1. The number of nitrogens with one attached hydrogen (secondary N) is 2. The van der Waals surface area contributed by atoms with E-state index in [-0.39, 0.29) is 5.91 Å². The van der Waals surface area contributed by atoms with Crippen molar-refractivity contribution in [2.24, 2.45) is 0 Å². The van der Waals surface area contributed by atoms with E-state index in [1.54, 1.807) is 0 Å². The van der Waals surface area contributed by atoms with Crippen LogP contribution in [0.15, 0.2) is 0 Å². The number of amides is 1. The summed E-state index contributed by atoms with van der Waals surface area (Å²) in [6.07, 6.45) is 1.08. The third kappa shape index (κ3) is 3.74. The van der Waals surface area contributed by atoms with Crippen LogP contribution in [-0.2, 0) is 4.79 Å². The Kier molecular flexibility index (Phi) is 4.78. The predicted molar refractivity (Wildman–Crippen MR) is 52.6 cm³/mol. The maximum absolute atomic E-state index is 11.5. The van der Waals surface area contributed by atoms with E-state index in [0.717, 1.165) is 39.1 Å². The molecule has 1 rings (SSSR count). The Hall–Kier alpha value is -0.610. The van der Waals surface area contributed by atoms with Gasteiger partial charge in [0.1, 0.15) is 0 Å². The molecule has 0 aromatic rings. The van der Waals surface area contributed by atoms with Gasteiger partial charge in [-0.25, -0.2) is 0 Å². The summed E-state index contributed by atoms with van der Waals surface area (Å²) in [5, 5.41) is 6.34. The first-order valence-electron chi connectivity index (χ1n) is 5.04. The van der Waals surface area contributed by atoms with Gasteiger partial charge in [-0.05, 0) is 13.0 Å². The Morgan fingerprint density at radius 1 is 1.46 bits per heavy atom. The fourth-order valence-electron chi connectivity index (χ4n) is 1.40. The first-order valence-corrected chi connectivity index (χ1v) is 5.04. The van der Waals surface area contributed by atoms with Crippen molar-refractivity contribution in [3.63, 3.8) is 0 Å². The molecule has 13 heavy (non-hydrogen) atoms. The van der Waals surface area contributed by atoms with Gasteiger partial charge in [-0.15, -0.1) is 0 Å². The number of carbonyl (C=O) groups is 1. The van der Waals surface area contributed by atoms with E-state index in [2.05, 4.69) is 17.6 Å². The molecule has 2 N–H and O–H groups in total. The van der Waals surface area contributed by atoms with Crippen LogP contribution in [0.5, 0.6) is 0 Å². The second kappa shape index (κ2) is 5.94. The maximum Gasteiger partial charge on any atom is 0.236 e. The second-order valence-electron chi connectivity index (χ2n) is 3.31. The van der Waals surface area contributed by atoms with Gasteiger partial charge in [0.2, 0.25) is 5.91 Å². The van der Waals surface area contributed by atoms with Gasteiger partial charge in [-0.3, -0.25) is 4.79 Å². The minimum atomic E-state index is 0.231. The summed E-state index contributed by atoms with van der Waals surface area (Å²) in [7, 11) is 0. The molecule has 76 valence electrons. The van der Waals surface area contributed by atoms with Crippen molar-refractivity contribution >= 4 is 5.91 Å². The van der Waals surface area contributed by atoms with Crippen molar-refractivity contribution in [1.82, 2.24) is 15.5 Å². The molecule has 0 aliphatic carbocycles. The molecule has 0 radical (unpaired) electrons. The minimum Gasteiger partial charge on any atom is -0.339 e. The maximum atomic E-state index is 11.5. The quantitative estimate of drug-likeness (QED) is 0.576. The zero-order chi connectivity index (χ0) is 9.52. The minimum absolute atomic E-state index is 0.231. The van der Waals surface area contributed by atoms with Gasteiger partial charge < -0.3 is 15.5 Å². The van der Waals surface area contributed by atoms with Gasteiger partial charge in [-0.1, -0.05) is 6.92 Å². The van der Waals surface area contributed by atoms with E-state index < -0.39 is 0 Å². The molecule has 0 aromatic carbocycles. The molecule has 0 unspecified atom stereocenters. The average Bonchev–Trinajstić information content (AvgIpc) is 2.19. The Bertz CT molecular complexity index is 155. The van der Waals surface area contributed by atoms with Crippen LogP contribution in [-0.4, -0.2) is 50.1 Å². The summed E-state index contributed by atoms with van der Waals surface area (Å²) in [6.45, 7) is 7.09. The first-order chi connectivity index (χ1) is 6.34. The molecule has 1 amide bonds. The SMILES string of the molecule is CCCNCC(=O)N1CCNCC1. The lowest BCUT2D eigenvalue weighted by molar-refractivity contribution is -0.130. The predicted octanol–water partition coefficient (Wildman–Crippen LogP) is -0.582.